The van der Waals surface area contributed by atoms with Crippen molar-refractivity contribution in [2.45, 2.75) is 31.5 Å². The summed E-state index contributed by atoms with van der Waals surface area (Å²) < 4.78 is 26.1. The average molecular weight is 321 g/mol. The maximum absolute atomic E-state index is 12.4. The quantitative estimate of drug-likeness (QED) is 0.725. The summed E-state index contributed by atoms with van der Waals surface area (Å²) in [4.78, 5) is 2.27. The highest BCUT2D eigenvalue weighted by molar-refractivity contribution is 7.91. The Morgan fingerprint density at radius 3 is 2.20 bits per heavy atom. The van der Waals surface area contributed by atoms with E-state index in [0.717, 1.165) is 37.4 Å². The summed E-state index contributed by atoms with van der Waals surface area (Å²) in [5.74, 6) is 0. The van der Waals surface area contributed by atoms with Crippen molar-refractivity contribution < 1.29 is 8.42 Å². The van der Waals surface area contributed by atoms with Crippen molar-refractivity contribution in [2.75, 3.05) is 38.5 Å². The van der Waals surface area contributed by atoms with Gasteiger partial charge in [-0.15, -0.1) is 10.2 Å². The van der Waals surface area contributed by atoms with Crippen LogP contribution in [-0.2, 0) is 10.0 Å². The van der Waals surface area contributed by atoms with Gasteiger partial charge in [-0.25, -0.2) is 8.42 Å². The molecule has 7 nitrogen and oxygen atoms in total. The summed E-state index contributed by atoms with van der Waals surface area (Å²) in [6.45, 7) is 9.75. The molecule has 0 unspecified atom stereocenters. The number of anilines is 1. The number of hydrogen-bond acceptors (Lipinski definition) is 7. The third-order valence-corrected chi connectivity index (χ3v) is 6.18. The number of rotatable bonds is 9. The van der Waals surface area contributed by atoms with Crippen LogP contribution in [0.1, 0.15) is 27.2 Å². The Labute approximate surface area is 124 Å². The van der Waals surface area contributed by atoms with Crippen LogP contribution in [-0.4, -0.2) is 60.5 Å². The summed E-state index contributed by atoms with van der Waals surface area (Å²) in [6.07, 6.45) is 0.795. The van der Waals surface area contributed by atoms with Crippen molar-refractivity contribution >= 4 is 26.5 Å². The maximum atomic E-state index is 12.4. The molecule has 1 aromatic heterocycles. The lowest BCUT2D eigenvalue weighted by Gasteiger charge is -2.22. The van der Waals surface area contributed by atoms with Crippen molar-refractivity contribution in [3.63, 3.8) is 0 Å². The van der Waals surface area contributed by atoms with E-state index in [1.807, 2.05) is 6.92 Å². The fourth-order valence-corrected chi connectivity index (χ4v) is 4.30. The molecular weight excluding hydrogens is 298 g/mol. The minimum Gasteiger partial charge on any atom is -0.374 e. The van der Waals surface area contributed by atoms with Gasteiger partial charge in [-0.1, -0.05) is 32.1 Å². The Bertz CT molecular complexity index is 499. The Morgan fingerprint density at radius 2 is 1.75 bits per heavy atom. The summed E-state index contributed by atoms with van der Waals surface area (Å²) in [5, 5.41) is 7.37. The van der Waals surface area contributed by atoms with Crippen LogP contribution in [0.3, 0.4) is 0 Å². The molecule has 9 heteroatoms. The predicted octanol–water partition coefficient (Wildman–Crippen LogP) is 0.863. The summed E-state index contributed by atoms with van der Waals surface area (Å²) >= 11 is 0.903. The first-order chi connectivity index (χ1) is 9.45. The van der Waals surface area contributed by atoms with Crippen molar-refractivity contribution in [3.8, 4) is 0 Å². The first kappa shape index (κ1) is 17.3. The van der Waals surface area contributed by atoms with E-state index < -0.39 is 10.0 Å². The number of aromatic nitrogens is 2. The van der Waals surface area contributed by atoms with Crippen LogP contribution in [0.2, 0.25) is 0 Å². The van der Waals surface area contributed by atoms with Gasteiger partial charge >= 0.3 is 0 Å². The molecule has 0 amide bonds. The lowest BCUT2D eigenvalue weighted by atomic mass is 10.3. The monoisotopic (exact) mass is 321 g/mol. The van der Waals surface area contributed by atoms with Gasteiger partial charge in [0, 0.05) is 13.1 Å². The second kappa shape index (κ2) is 7.87. The first-order valence-corrected chi connectivity index (χ1v) is 9.02. The number of nitrogens with two attached hydrogens (primary N) is 1. The number of nitrogen functional groups attached to an aromatic ring is 1. The minimum atomic E-state index is -3.56. The fraction of sp³-hybridized carbons (Fsp3) is 0.818. The van der Waals surface area contributed by atoms with Gasteiger partial charge in [-0.2, -0.15) is 4.31 Å². The standard InChI is InChI=1S/C11H23N5O2S2/c1-4-15(5-2)8-7-9-16(6-3)20(17,18)11-14-13-10(12)19-11/h4-9H2,1-3H3,(H2,12,13). The molecule has 1 rings (SSSR count). The molecule has 1 aromatic rings. The molecule has 0 bridgehead atoms. The molecule has 0 atom stereocenters. The molecular formula is C11H23N5O2S2. The third kappa shape index (κ3) is 4.37. The molecule has 0 aliphatic heterocycles. The molecule has 0 aromatic carbocycles. The van der Waals surface area contributed by atoms with E-state index >= 15 is 0 Å². The van der Waals surface area contributed by atoms with Crippen LogP contribution in [0.5, 0.6) is 0 Å². The largest absolute Gasteiger partial charge is 0.374 e. The summed E-state index contributed by atoms with van der Waals surface area (Å²) in [7, 11) is -3.56. The highest BCUT2D eigenvalue weighted by Crippen LogP contribution is 2.21. The normalized spacial score (nSPS) is 12.4. The zero-order valence-corrected chi connectivity index (χ0v) is 13.9. The van der Waals surface area contributed by atoms with Crippen LogP contribution in [0, 0.1) is 0 Å². The van der Waals surface area contributed by atoms with E-state index in [2.05, 4.69) is 28.9 Å². The van der Waals surface area contributed by atoms with E-state index in [9.17, 15) is 8.42 Å². The van der Waals surface area contributed by atoms with E-state index in [-0.39, 0.29) is 9.47 Å². The zero-order chi connectivity index (χ0) is 15.2. The van der Waals surface area contributed by atoms with Gasteiger partial charge in [0.2, 0.25) is 9.47 Å². The Hall–Kier alpha value is -0.770. The van der Waals surface area contributed by atoms with Crippen molar-refractivity contribution in [1.29, 1.82) is 0 Å². The fourth-order valence-electron chi connectivity index (χ4n) is 1.89. The minimum absolute atomic E-state index is 0.0281. The molecule has 0 aliphatic carbocycles. The Kier molecular flexibility index (Phi) is 6.80. The maximum Gasteiger partial charge on any atom is 0.272 e. The predicted molar refractivity (Wildman–Crippen MR) is 81.2 cm³/mol. The highest BCUT2D eigenvalue weighted by atomic mass is 32.2. The smallest absolute Gasteiger partial charge is 0.272 e. The average Bonchev–Trinajstić information content (AvgIpc) is 2.86. The van der Waals surface area contributed by atoms with E-state index in [1.165, 1.54) is 4.31 Å². The Morgan fingerprint density at radius 1 is 1.10 bits per heavy atom. The molecule has 0 saturated carbocycles. The lowest BCUT2D eigenvalue weighted by molar-refractivity contribution is 0.285. The molecule has 0 radical (unpaired) electrons. The molecule has 1 heterocycles. The number of nitrogens with zero attached hydrogens (tertiary/aromatic N) is 4. The van der Waals surface area contributed by atoms with Crippen LogP contribution >= 0.6 is 11.3 Å². The van der Waals surface area contributed by atoms with E-state index in [1.54, 1.807) is 0 Å². The van der Waals surface area contributed by atoms with Crippen molar-refractivity contribution in [3.05, 3.63) is 0 Å². The van der Waals surface area contributed by atoms with Gasteiger partial charge < -0.3 is 10.6 Å². The topological polar surface area (TPSA) is 92.4 Å². The van der Waals surface area contributed by atoms with Gasteiger partial charge in [0.05, 0.1) is 0 Å². The molecule has 20 heavy (non-hydrogen) atoms. The second-order valence-electron chi connectivity index (χ2n) is 4.28. The van der Waals surface area contributed by atoms with Crippen LogP contribution in [0.15, 0.2) is 4.34 Å². The summed E-state index contributed by atoms with van der Waals surface area (Å²) in [5.41, 5.74) is 5.45. The molecule has 2 N–H and O–H groups in total. The summed E-state index contributed by atoms with van der Waals surface area (Å²) in [6, 6.07) is 0. The van der Waals surface area contributed by atoms with Gasteiger partial charge in [-0.3, -0.25) is 0 Å². The Balaban J connectivity index is 2.66. The van der Waals surface area contributed by atoms with Gasteiger partial charge in [0.15, 0.2) is 0 Å². The molecule has 0 saturated heterocycles. The first-order valence-electron chi connectivity index (χ1n) is 6.77. The lowest BCUT2D eigenvalue weighted by Crippen LogP contribution is -2.34. The van der Waals surface area contributed by atoms with E-state index in [4.69, 9.17) is 5.73 Å². The highest BCUT2D eigenvalue weighted by Gasteiger charge is 2.26. The molecule has 116 valence electrons. The zero-order valence-electron chi connectivity index (χ0n) is 12.2. The van der Waals surface area contributed by atoms with E-state index in [0.29, 0.717) is 13.1 Å². The van der Waals surface area contributed by atoms with Gasteiger partial charge in [-0.05, 0) is 26.1 Å². The molecule has 0 aliphatic rings. The number of hydrogen-bond donors (Lipinski definition) is 1. The number of sulfonamides is 1. The van der Waals surface area contributed by atoms with Crippen LogP contribution in [0.25, 0.3) is 0 Å². The third-order valence-electron chi connectivity index (χ3n) is 3.11. The van der Waals surface area contributed by atoms with Crippen molar-refractivity contribution in [1.82, 2.24) is 19.4 Å². The van der Waals surface area contributed by atoms with Gasteiger partial charge in [0.1, 0.15) is 0 Å². The molecule has 0 spiro atoms. The van der Waals surface area contributed by atoms with Crippen molar-refractivity contribution in [2.24, 2.45) is 0 Å². The van der Waals surface area contributed by atoms with Crippen LogP contribution < -0.4 is 5.73 Å². The van der Waals surface area contributed by atoms with Gasteiger partial charge in [0.25, 0.3) is 10.0 Å². The SMILES string of the molecule is CCN(CC)CCCN(CC)S(=O)(=O)c1nnc(N)s1. The molecule has 0 fully saturated rings. The second-order valence-corrected chi connectivity index (χ2v) is 7.40. The van der Waals surface area contributed by atoms with Crippen LogP contribution in [0.4, 0.5) is 5.13 Å².